The lowest BCUT2D eigenvalue weighted by Gasteiger charge is -2.28. The first kappa shape index (κ1) is 19.7. The number of anilines is 4. The molecule has 0 aromatic heterocycles. The zero-order valence-electron chi connectivity index (χ0n) is 16.0. The number of para-hydroxylation sites is 1. The summed E-state index contributed by atoms with van der Waals surface area (Å²) in [7, 11) is -4.70. The van der Waals surface area contributed by atoms with Crippen molar-refractivity contribution in [2.24, 2.45) is 0 Å². The van der Waals surface area contributed by atoms with Crippen molar-refractivity contribution < 1.29 is 17.2 Å². The monoisotopic (exact) mass is 431 g/mol. The molecule has 4 rings (SSSR count). The van der Waals surface area contributed by atoms with Crippen LogP contribution in [0.2, 0.25) is 0 Å². The number of benzene rings is 3. The van der Waals surface area contributed by atoms with E-state index >= 15 is 0 Å². The minimum atomic E-state index is -4.70. The van der Waals surface area contributed by atoms with E-state index in [0.29, 0.717) is 22.1 Å². The van der Waals surface area contributed by atoms with E-state index in [2.05, 4.69) is 10.2 Å². The number of hydrogen-bond donors (Lipinski definition) is 3. The molecule has 29 heavy (non-hydrogen) atoms. The van der Waals surface area contributed by atoms with Crippen molar-refractivity contribution in [2.75, 3.05) is 29.0 Å². The molecule has 0 saturated carbocycles. The van der Waals surface area contributed by atoms with Crippen molar-refractivity contribution in [1.29, 1.82) is 0 Å². The van der Waals surface area contributed by atoms with Crippen LogP contribution in [0.4, 0.5) is 22.7 Å². The fourth-order valence-electron chi connectivity index (χ4n) is 3.65. The van der Waals surface area contributed by atoms with Gasteiger partial charge in [-0.2, -0.15) is 8.42 Å². The molecule has 0 amide bonds. The summed E-state index contributed by atoms with van der Waals surface area (Å²) in [6.07, 6.45) is 0. The Morgan fingerprint density at radius 1 is 1.10 bits per heavy atom. The van der Waals surface area contributed by atoms with Gasteiger partial charge in [0.1, 0.15) is 0 Å². The fourth-order valence-corrected chi connectivity index (χ4v) is 5.07. The Morgan fingerprint density at radius 3 is 2.52 bits per heavy atom. The van der Waals surface area contributed by atoms with Gasteiger partial charge in [-0.25, -0.2) is 0 Å². The highest BCUT2D eigenvalue weighted by Crippen LogP contribution is 2.52. The molecule has 0 radical (unpaired) electrons. The van der Waals surface area contributed by atoms with Gasteiger partial charge in [-0.05, 0) is 44.2 Å². The number of fused-ring (bicyclic) bond motifs is 4. The van der Waals surface area contributed by atoms with Gasteiger partial charge in [-0.1, -0.05) is 23.9 Å². The summed E-state index contributed by atoms with van der Waals surface area (Å²) < 4.78 is 37.2. The van der Waals surface area contributed by atoms with Crippen LogP contribution in [0.5, 0.6) is 5.75 Å². The van der Waals surface area contributed by atoms with Crippen LogP contribution < -0.4 is 20.1 Å². The molecular weight excluding hydrogens is 410 g/mol. The molecule has 1 heterocycles. The molecule has 3 aromatic carbocycles. The molecule has 0 atom stereocenters. The van der Waals surface area contributed by atoms with Crippen LogP contribution >= 0.6 is 11.8 Å². The van der Waals surface area contributed by atoms with Crippen molar-refractivity contribution in [1.82, 2.24) is 0 Å². The molecule has 9 heteroatoms. The number of nitrogens with zero attached hydrogens (tertiary/aromatic N) is 1. The smallest absolute Gasteiger partial charge is 0.398 e. The summed E-state index contributed by atoms with van der Waals surface area (Å²) in [5.41, 5.74) is 9.43. The van der Waals surface area contributed by atoms with E-state index in [1.165, 1.54) is 0 Å². The van der Waals surface area contributed by atoms with Crippen LogP contribution in [-0.4, -0.2) is 26.1 Å². The molecule has 0 spiro atoms. The highest BCUT2D eigenvalue weighted by molar-refractivity contribution is 7.99. The fraction of sp³-hybridized carbons (Fsp3) is 0.200. The summed E-state index contributed by atoms with van der Waals surface area (Å²) >= 11 is 1.54. The number of hydrogen-bond acceptors (Lipinski definition) is 7. The first-order chi connectivity index (χ1) is 13.8. The topological polar surface area (TPSA) is 105 Å². The lowest BCUT2D eigenvalue weighted by molar-refractivity contribution is 0.388. The number of nitrogens with one attached hydrogen (secondary N) is 1. The van der Waals surface area contributed by atoms with Gasteiger partial charge in [-0.15, -0.1) is 0 Å². The second-order valence-corrected chi connectivity index (χ2v) is 8.68. The maximum absolute atomic E-state index is 11.5. The molecule has 7 nitrogen and oxygen atoms in total. The molecule has 0 saturated heterocycles. The summed E-state index contributed by atoms with van der Waals surface area (Å²) in [6, 6.07) is 13.0. The Morgan fingerprint density at radius 2 is 1.83 bits per heavy atom. The van der Waals surface area contributed by atoms with Crippen LogP contribution in [0.1, 0.15) is 13.8 Å². The highest BCUT2D eigenvalue weighted by atomic mass is 32.3. The number of nitrogen functional groups attached to an aromatic ring is 1. The molecule has 3 aromatic rings. The van der Waals surface area contributed by atoms with E-state index in [1.54, 1.807) is 23.9 Å². The lowest BCUT2D eigenvalue weighted by Crippen LogP contribution is -2.22. The minimum absolute atomic E-state index is 0.0226. The molecule has 0 bridgehead atoms. The second-order valence-electron chi connectivity index (χ2n) is 6.58. The van der Waals surface area contributed by atoms with E-state index in [0.717, 1.165) is 34.3 Å². The Bertz CT molecular complexity index is 1210. The largest absolute Gasteiger partial charge is 0.446 e. The quantitative estimate of drug-likeness (QED) is 0.310. The molecule has 0 unspecified atom stereocenters. The molecule has 1 aliphatic heterocycles. The van der Waals surface area contributed by atoms with E-state index in [9.17, 15) is 13.0 Å². The maximum atomic E-state index is 11.5. The zero-order valence-corrected chi connectivity index (χ0v) is 17.6. The predicted octanol–water partition coefficient (Wildman–Crippen LogP) is 4.66. The van der Waals surface area contributed by atoms with Crippen LogP contribution in [-0.2, 0) is 10.4 Å². The Hall–Kier alpha value is -2.62. The molecule has 0 fully saturated rings. The minimum Gasteiger partial charge on any atom is -0.398 e. The van der Waals surface area contributed by atoms with Crippen LogP contribution in [0.15, 0.2) is 52.3 Å². The van der Waals surface area contributed by atoms with Crippen molar-refractivity contribution in [3.8, 4) is 5.75 Å². The molecular formula is C20H21N3O4S2. The Kier molecular flexibility index (Phi) is 4.97. The summed E-state index contributed by atoms with van der Waals surface area (Å²) in [5.74, 6) is 0.0226. The van der Waals surface area contributed by atoms with Gasteiger partial charge < -0.3 is 20.1 Å². The van der Waals surface area contributed by atoms with Crippen LogP contribution in [0.25, 0.3) is 10.8 Å². The van der Waals surface area contributed by atoms with Crippen LogP contribution in [0.3, 0.4) is 0 Å². The first-order valence-corrected chi connectivity index (χ1v) is 11.4. The molecule has 0 aliphatic carbocycles. The second kappa shape index (κ2) is 7.33. The predicted molar refractivity (Wildman–Crippen MR) is 118 cm³/mol. The van der Waals surface area contributed by atoms with Gasteiger partial charge >= 0.3 is 10.4 Å². The van der Waals surface area contributed by atoms with Gasteiger partial charge in [0.15, 0.2) is 5.75 Å². The van der Waals surface area contributed by atoms with Gasteiger partial charge in [-0.3, -0.25) is 4.55 Å². The molecule has 1 aliphatic rings. The van der Waals surface area contributed by atoms with E-state index in [4.69, 9.17) is 9.92 Å². The van der Waals surface area contributed by atoms with Crippen molar-refractivity contribution >= 4 is 55.7 Å². The standard InChI is InChI=1S/C20H21N3O4S2/c1-3-23(4-2)14-9-10-15(27-29(24,25)26)19-18(14)12(21)11-17-20(19)22-13-7-5-6-8-16(13)28-17/h5-11,22H,3-4,21H2,1-2H3,(H,24,25,26). The normalized spacial score (nSPS) is 12.8. The third-order valence-electron chi connectivity index (χ3n) is 4.88. The summed E-state index contributed by atoms with van der Waals surface area (Å²) in [4.78, 5) is 4.02. The van der Waals surface area contributed by atoms with Gasteiger partial charge in [0.25, 0.3) is 0 Å². The lowest BCUT2D eigenvalue weighted by atomic mass is 10.0. The summed E-state index contributed by atoms with van der Waals surface area (Å²) in [6.45, 7) is 5.59. The average molecular weight is 432 g/mol. The van der Waals surface area contributed by atoms with Crippen molar-refractivity contribution in [3.63, 3.8) is 0 Å². The summed E-state index contributed by atoms with van der Waals surface area (Å²) in [5, 5.41) is 4.59. The van der Waals surface area contributed by atoms with E-state index < -0.39 is 10.4 Å². The first-order valence-electron chi connectivity index (χ1n) is 9.17. The van der Waals surface area contributed by atoms with Crippen molar-refractivity contribution in [3.05, 3.63) is 42.5 Å². The SMILES string of the molecule is CCN(CC)c1ccc(OS(=O)(=O)O)c2c3c(cc(N)c12)Sc1ccccc1N3. The van der Waals surface area contributed by atoms with Crippen molar-refractivity contribution in [2.45, 2.75) is 23.6 Å². The third kappa shape index (κ3) is 3.57. The van der Waals surface area contributed by atoms with Gasteiger partial charge in [0, 0.05) is 39.6 Å². The molecule has 152 valence electrons. The van der Waals surface area contributed by atoms with Gasteiger partial charge in [0.2, 0.25) is 0 Å². The zero-order chi connectivity index (χ0) is 20.8. The van der Waals surface area contributed by atoms with E-state index in [-0.39, 0.29) is 5.75 Å². The highest BCUT2D eigenvalue weighted by Gasteiger charge is 2.25. The number of nitrogens with two attached hydrogens (primary N) is 1. The third-order valence-corrected chi connectivity index (χ3v) is 6.39. The Labute approximate surface area is 173 Å². The van der Waals surface area contributed by atoms with Gasteiger partial charge in [0.05, 0.1) is 16.8 Å². The van der Waals surface area contributed by atoms with Crippen LogP contribution in [0, 0.1) is 0 Å². The maximum Gasteiger partial charge on any atom is 0.446 e. The Balaban J connectivity index is 2.05. The van der Waals surface area contributed by atoms with E-state index in [1.807, 2.05) is 44.2 Å². The molecule has 4 N–H and O–H groups in total. The number of rotatable bonds is 5. The average Bonchev–Trinajstić information content (AvgIpc) is 2.67.